The third-order valence-electron chi connectivity index (χ3n) is 12.1. The first-order valence-corrected chi connectivity index (χ1v) is 24.0. The highest BCUT2D eigenvalue weighted by atomic mass is 19.4. The summed E-state index contributed by atoms with van der Waals surface area (Å²) in [4.78, 5) is 45.9. The molecule has 0 aliphatic carbocycles. The van der Waals surface area contributed by atoms with Gasteiger partial charge in [0.25, 0.3) is 5.91 Å². The van der Waals surface area contributed by atoms with Crippen molar-refractivity contribution in [1.82, 2.24) is 45.3 Å². The first kappa shape index (κ1) is 52.8. The number of aromatic nitrogens is 5. The SMILES string of the molecule is CCC.CN1CC(=O)NC(CO)Cc2ccc(OCc3ccc(CNC(=O)CN4CCC(Nc5cccc6c5cc(-c5noc(CNC(=O)c7cnn(C(C)(C)C)c7)n5)n6CC(F)(F)F)C(F)C4)cc3)cc21. The van der Waals surface area contributed by atoms with Crippen molar-refractivity contribution in [2.45, 2.75) is 110 Å². The molecule has 72 heavy (non-hydrogen) atoms. The minimum atomic E-state index is -4.61. The lowest BCUT2D eigenvalue weighted by Crippen LogP contribution is -2.50. The molecule has 1 saturated heterocycles. The number of piperidine rings is 1. The molecular weight excluding hydrogens is 939 g/mol. The van der Waals surface area contributed by atoms with E-state index in [9.17, 15) is 32.7 Å². The van der Waals surface area contributed by atoms with Gasteiger partial charge in [0, 0.05) is 55.7 Å². The van der Waals surface area contributed by atoms with Crippen LogP contribution in [0, 0.1) is 0 Å². The van der Waals surface area contributed by atoms with Crippen molar-refractivity contribution in [3.8, 4) is 17.3 Å². The zero-order chi connectivity index (χ0) is 51.7. The summed E-state index contributed by atoms with van der Waals surface area (Å²) in [5, 5.41) is 29.9. The monoisotopic (exact) mass is 1000 g/mol. The summed E-state index contributed by atoms with van der Waals surface area (Å²) in [5.74, 6) is -0.388. The van der Waals surface area contributed by atoms with Gasteiger partial charge in [-0.05, 0) is 74.6 Å². The van der Waals surface area contributed by atoms with Gasteiger partial charge in [-0.1, -0.05) is 61.8 Å². The van der Waals surface area contributed by atoms with Crippen molar-refractivity contribution in [3.05, 3.63) is 107 Å². The Bertz CT molecular complexity index is 2800. The van der Waals surface area contributed by atoms with Crippen LogP contribution < -0.4 is 30.9 Å². The van der Waals surface area contributed by atoms with E-state index in [2.05, 4.69) is 50.4 Å². The molecule has 3 amide bonds. The smallest absolute Gasteiger partial charge is 0.406 e. The summed E-state index contributed by atoms with van der Waals surface area (Å²) in [7, 11) is 1.83. The van der Waals surface area contributed by atoms with Crippen molar-refractivity contribution in [2.75, 3.05) is 50.1 Å². The molecule has 2 aliphatic rings. The van der Waals surface area contributed by atoms with Crippen LogP contribution in [0.5, 0.6) is 5.75 Å². The number of halogens is 4. The minimum absolute atomic E-state index is 0.0160. The molecule has 386 valence electrons. The second-order valence-electron chi connectivity index (χ2n) is 19.2. The first-order valence-electron chi connectivity index (χ1n) is 24.0. The van der Waals surface area contributed by atoms with Crippen molar-refractivity contribution in [3.63, 3.8) is 0 Å². The Morgan fingerprint density at radius 1 is 1.00 bits per heavy atom. The van der Waals surface area contributed by atoms with Gasteiger partial charge in [0.15, 0.2) is 0 Å². The highest BCUT2D eigenvalue weighted by Gasteiger charge is 2.33. The highest BCUT2D eigenvalue weighted by molar-refractivity contribution is 5.96. The molecule has 3 aromatic carbocycles. The van der Waals surface area contributed by atoms with Crippen molar-refractivity contribution in [2.24, 2.45) is 0 Å². The number of nitrogens with one attached hydrogen (secondary N) is 4. The summed E-state index contributed by atoms with van der Waals surface area (Å²) < 4.78 is 71.9. The van der Waals surface area contributed by atoms with Crippen LogP contribution in [0.3, 0.4) is 0 Å². The number of amides is 3. The molecule has 3 atom stereocenters. The third kappa shape index (κ3) is 13.7. The summed E-state index contributed by atoms with van der Waals surface area (Å²) in [6, 6.07) is 18.6. The van der Waals surface area contributed by atoms with Crippen LogP contribution in [0.2, 0.25) is 0 Å². The normalized spacial score (nSPS) is 17.5. The molecule has 3 unspecified atom stereocenters. The Morgan fingerprint density at radius 3 is 2.44 bits per heavy atom. The van der Waals surface area contributed by atoms with Crippen LogP contribution in [0.1, 0.15) is 80.4 Å². The number of aliphatic hydroxyl groups excluding tert-OH is 1. The van der Waals surface area contributed by atoms with E-state index in [1.165, 1.54) is 24.8 Å². The molecule has 5 N–H and O–H groups in total. The largest absolute Gasteiger partial charge is 0.489 e. The maximum atomic E-state index is 15.8. The predicted molar refractivity (Wildman–Crippen MR) is 264 cm³/mol. The van der Waals surface area contributed by atoms with Gasteiger partial charge >= 0.3 is 6.18 Å². The number of anilines is 2. The minimum Gasteiger partial charge on any atom is -0.489 e. The Morgan fingerprint density at radius 2 is 1.75 bits per heavy atom. The molecule has 21 heteroatoms. The molecule has 8 rings (SSSR count). The summed E-state index contributed by atoms with van der Waals surface area (Å²) >= 11 is 0. The molecule has 0 saturated carbocycles. The highest BCUT2D eigenvalue weighted by Crippen LogP contribution is 2.35. The van der Waals surface area contributed by atoms with Gasteiger partial charge in [0.1, 0.15) is 25.1 Å². The predicted octanol–water partition coefficient (Wildman–Crippen LogP) is 6.74. The molecule has 5 heterocycles. The lowest BCUT2D eigenvalue weighted by atomic mass is 10.0. The van der Waals surface area contributed by atoms with Crippen LogP contribution >= 0.6 is 0 Å². The quantitative estimate of drug-likeness (QED) is 0.0681. The molecule has 6 aromatic rings. The van der Waals surface area contributed by atoms with Gasteiger partial charge in [-0.3, -0.25) is 24.0 Å². The molecule has 3 aromatic heterocycles. The first-order chi connectivity index (χ1) is 34.3. The fraction of sp³-hybridized carbons (Fsp3) is 0.451. The second-order valence-corrected chi connectivity index (χ2v) is 19.2. The number of hydrogen-bond donors (Lipinski definition) is 5. The second kappa shape index (κ2) is 23.0. The van der Waals surface area contributed by atoms with Crippen molar-refractivity contribution < 1.29 is 46.3 Å². The van der Waals surface area contributed by atoms with Crippen LogP contribution in [-0.4, -0.2) is 116 Å². The average molecular weight is 1000 g/mol. The number of fused-ring (bicyclic) bond motifs is 2. The number of carbonyl (C=O) groups excluding carboxylic acids is 3. The summed E-state index contributed by atoms with van der Waals surface area (Å²) in [5.41, 5.74) is 4.26. The molecule has 2 aliphatic heterocycles. The number of hydrogen-bond acceptors (Lipinski definition) is 12. The van der Waals surface area contributed by atoms with E-state index in [1.54, 1.807) is 27.9 Å². The van der Waals surface area contributed by atoms with E-state index in [4.69, 9.17) is 9.26 Å². The van der Waals surface area contributed by atoms with E-state index in [0.717, 1.165) is 26.9 Å². The number of alkyl halides is 4. The van der Waals surface area contributed by atoms with Crippen LogP contribution in [0.25, 0.3) is 22.4 Å². The fourth-order valence-corrected chi connectivity index (χ4v) is 8.46. The number of rotatable bonds is 15. The summed E-state index contributed by atoms with van der Waals surface area (Å²) in [6.07, 6.45) is -0.906. The standard InChI is InChI=1S/C48H55F4N11O6.C3H8/c1-47(2,3)63-22-32(20-55-63)46(67)54-21-44-58-45(59-69-44)41-18-35-37(6-5-7-39(35)62(41)28-48(50,51)52)57-38-14-15-61(23-36(38)49)25-42(65)53-19-29-8-10-30(11-9-29)27-68-34-13-12-31-16-33(26-64)56-43(66)24-60(4)40(31)17-34;1-3-2/h5-13,17-18,20,22,33,36,38,57,64H,14-16,19,21,23-28H2,1-4H3,(H,53,65)(H,54,67)(H,56,66);3H2,1-2H3. The van der Waals surface area contributed by atoms with Gasteiger partial charge in [-0.25, -0.2) is 4.39 Å². The zero-order valence-corrected chi connectivity index (χ0v) is 41.4. The topological polar surface area (TPSA) is 197 Å². The lowest BCUT2D eigenvalue weighted by Gasteiger charge is -2.35. The number of nitrogens with zero attached hydrogens (tertiary/aromatic N) is 7. The number of ether oxygens (including phenoxy) is 1. The third-order valence-corrected chi connectivity index (χ3v) is 12.1. The average Bonchev–Trinajstić information content (AvgIpc) is 4.10. The number of benzene rings is 3. The van der Waals surface area contributed by atoms with Gasteiger partial charge in [0.2, 0.25) is 23.5 Å². The Balaban J connectivity index is 0.00000247. The maximum absolute atomic E-state index is 15.8. The number of aliphatic hydroxyl groups is 1. The van der Waals surface area contributed by atoms with Crippen LogP contribution in [0.15, 0.2) is 83.6 Å². The van der Waals surface area contributed by atoms with Crippen molar-refractivity contribution in [1.29, 1.82) is 0 Å². The molecule has 1 fully saturated rings. The van der Waals surface area contributed by atoms with E-state index in [1.807, 2.05) is 75.2 Å². The number of likely N-dealkylation sites (N-methyl/N-ethyl adjacent to an activating group) is 1. The molecule has 17 nitrogen and oxygen atoms in total. The Kier molecular flexibility index (Phi) is 16.9. The van der Waals surface area contributed by atoms with Crippen molar-refractivity contribution >= 4 is 40.0 Å². The van der Waals surface area contributed by atoms with E-state index < -0.39 is 30.8 Å². The maximum Gasteiger partial charge on any atom is 0.406 e. The summed E-state index contributed by atoms with van der Waals surface area (Å²) in [6.45, 7) is 9.44. The van der Waals surface area contributed by atoms with Gasteiger partial charge in [-0.15, -0.1) is 0 Å². The Labute approximate surface area is 415 Å². The van der Waals surface area contributed by atoms with Gasteiger partial charge < -0.3 is 45.1 Å². The zero-order valence-electron chi connectivity index (χ0n) is 41.4. The number of carbonyl (C=O) groups is 3. The fourth-order valence-electron chi connectivity index (χ4n) is 8.46. The van der Waals surface area contributed by atoms with Crippen LogP contribution in [-0.2, 0) is 47.8 Å². The van der Waals surface area contributed by atoms with Gasteiger partial charge in [0.05, 0.1) is 66.8 Å². The lowest BCUT2D eigenvalue weighted by molar-refractivity contribution is -0.139. The number of likely N-dealkylation sites (tertiary alicyclic amines) is 1. The van der Waals surface area contributed by atoms with E-state index in [0.29, 0.717) is 48.4 Å². The Hall–Kier alpha value is -7.00. The molecular formula is C51H63F4N11O6. The van der Waals surface area contributed by atoms with Crippen LogP contribution in [0.4, 0.5) is 28.9 Å². The molecule has 0 radical (unpaired) electrons. The van der Waals surface area contributed by atoms with Gasteiger partial charge in [-0.2, -0.15) is 23.3 Å². The van der Waals surface area contributed by atoms with E-state index in [-0.39, 0.29) is 85.7 Å². The molecule has 0 bridgehead atoms. The molecule has 0 spiro atoms. The van der Waals surface area contributed by atoms with E-state index >= 15 is 4.39 Å².